The van der Waals surface area contributed by atoms with Crippen LogP contribution in [0.3, 0.4) is 0 Å². The molecule has 0 bridgehead atoms. The van der Waals surface area contributed by atoms with E-state index in [0.29, 0.717) is 18.2 Å². The summed E-state index contributed by atoms with van der Waals surface area (Å²) in [5.74, 6) is 0. The lowest BCUT2D eigenvalue weighted by molar-refractivity contribution is -0.124. The Hall–Kier alpha value is -0.0800. The molecule has 1 N–H and O–H groups in total. The van der Waals surface area contributed by atoms with E-state index < -0.39 is 0 Å². The molecule has 1 heterocycles. The summed E-state index contributed by atoms with van der Waals surface area (Å²) in [5.41, 5.74) is 0.442. The Morgan fingerprint density at radius 3 is 1.93 bits per heavy atom. The van der Waals surface area contributed by atoms with Crippen molar-refractivity contribution in [3.63, 3.8) is 0 Å². The normalized spacial score (nSPS) is 34.2. The lowest BCUT2D eigenvalue weighted by Crippen LogP contribution is -2.61. The molecular formula is C13H27NO. The quantitative estimate of drug-likeness (QED) is 0.668. The van der Waals surface area contributed by atoms with Crippen molar-refractivity contribution in [2.24, 2.45) is 10.8 Å². The molecule has 2 heteroatoms. The van der Waals surface area contributed by atoms with Gasteiger partial charge in [-0.05, 0) is 17.8 Å². The third-order valence-electron chi connectivity index (χ3n) is 3.09. The van der Waals surface area contributed by atoms with Gasteiger partial charge >= 0.3 is 0 Å². The van der Waals surface area contributed by atoms with E-state index in [4.69, 9.17) is 4.74 Å². The van der Waals surface area contributed by atoms with Crippen LogP contribution in [0.2, 0.25) is 0 Å². The third-order valence-corrected chi connectivity index (χ3v) is 3.09. The number of hydrogen-bond donors (Lipinski definition) is 1. The van der Waals surface area contributed by atoms with Crippen molar-refractivity contribution >= 4 is 0 Å². The minimum absolute atomic E-state index is 0.194. The van der Waals surface area contributed by atoms with Gasteiger partial charge in [0.05, 0.1) is 12.2 Å². The number of ether oxygens (including phenoxy) is 1. The van der Waals surface area contributed by atoms with E-state index in [1.54, 1.807) is 0 Å². The van der Waals surface area contributed by atoms with Gasteiger partial charge in [0.15, 0.2) is 0 Å². The van der Waals surface area contributed by atoms with Crippen LogP contribution >= 0.6 is 0 Å². The fourth-order valence-electron chi connectivity index (χ4n) is 2.24. The highest BCUT2D eigenvalue weighted by atomic mass is 16.5. The Labute approximate surface area is 94.8 Å². The van der Waals surface area contributed by atoms with E-state index in [2.05, 4.69) is 53.8 Å². The summed E-state index contributed by atoms with van der Waals surface area (Å²) >= 11 is 0. The molecule has 0 saturated carbocycles. The topological polar surface area (TPSA) is 21.3 Å². The average molecular weight is 213 g/mol. The monoisotopic (exact) mass is 213 g/mol. The Morgan fingerprint density at radius 1 is 1.00 bits per heavy atom. The van der Waals surface area contributed by atoms with Crippen LogP contribution in [0.1, 0.15) is 48.5 Å². The molecule has 0 spiro atoms. The maximum Gasteiger partial charge on any atom is 0.0785 e. The highest BCUT2D eigenvalue weighted by Gasteiger charge is 2.42. The van der Waals surface area contributed by atoms with Crippen LogP contribution < -0.4 is 5.32 Å². The highest BCUT2D eigenvalue weighted by Crippen LogP contribution is 2.35. The molecule has 1 aliphatic rings. The molecule has 0 aromatic heterocycles. The predicted octanol–water partition coefficient (Wildman–Crippen LogP) is 2.82. The first kappa shape index (κ1) is 13.0. The molecule has 1 fully saturated rings. The second-order valence-electron chi connectivity index (χ2n) is 6.99. The van der Waals surface area contributed by atoms with Crippen molar-refractivity contribution in [2.45, 2.75) is 66.7 Å². The van der Waals surface area contributed by atoms with E-state index in [9.17, 15) is 0 Å². The van der Waals surface area contributed by atoms with Crippen LogP contribution in [-0.2, 0) is 4.74 Å². The van der Waals surface area contributed by atoms with Gasteiger partial charge in [-0.25, -0.2) is 0 Å². The summed E-state index contributed by atoms with van der Waals surface area (Å²) in [6.45, 7) is 16.7. The second-order valence-corrected chi connectivity index (χ2v) is 6.99. The molecule has 90 valence electrons. The number of morpholine rings is 1. The summed E-state index contributed by atoms with van der Waals surface area (Å²) in [6, 6.07) is 0.439. The summed E-state index contributed by atoms with van der Waals surface area (Å²) in [6.07, 6.45) is 0.620. The maximum absolute atomic E-state index is 6.13. The molecule has 0 aromatic carbocycles. The lowest BCUT2D eigenvalue weighted by Gasteiger charge is -2.48. The van der Waals surface area contributed by atoms with Crippen LogP contribution in [0.15, 0.2) is 0 Å². The number of hydrogen-bond acceptors (Lipinski definition) is 2. The zero-order valence-corrected chi connectivity index (χ0v) is 11.3. The fourth-order valence-corrected chi connectivity index (χ4v) is 2.24. The van der Waals surface area contributed by atoms with Crippen LogP contribution in [0.5, 0.6) is 0 Å². The van der Waals surface area contributed by atoms with E-state index in [-0.39, 0.29) is 10.8 Å². The standard InChI is InChI=1S/C13H27NO/c1-9-8-14-10(12(2,3)4)11(15-9)13(5,6)7/h9-11,14H,8H2,1-7H3. The third kappa shape index (κ3) is 3.18. The van der Waals surface area contributed by atoms with Crippen molar-refractivity contribution in [1.29, 1.82) is 0 Å². The molecular weight excluding hydrogens is 186 g/mol. The van der Waals surface area contributed by atoms with Crippen LogP contribution in [0.4, 0.5) is 0 Å². The molecule has 1 rings (SSSR count). The summed E-state index contributed by atoms with van der Waals surface area (Å²) in [7, 11) is 0. The first-order chi connectivity index (χ1) is 6.62. The summed E-state index contributed by atoms with van der Waals surface area (Å²) in [4.78, 5) is 0. The molecule has 0 radical (unpaired) electrons. The Bertz CT molecular complexity index is 212. The Morgan fingerprint density at radius 2 is 1.53 bits per heavy atom. The SMILES string of the molecule is CC1CNC(C(C)(C)C)C(C(C)(C)C)O1. The van der Waals surface area contributed by atoms with Crippen molar-refractivity contribution in [2.75, 3.05) is 6.54 Å². The van der Waals surface area contributed by atoms with Crippen LogP contribution in [0.25, 0.3) is 0 Å². The van der Waals surface area contributed by atoms with Gasteiger partial charge in [-0.15, -0.1) is 0 Å². The first-order valence-electron chi connectivity index (χ1n) is 6.01. The van der Waals surface area contributed by atoms with E-state index >= 15 is 0 Å². The largest absolute Gasteiger partial charge is 0.372 e. The predicted molar refractivity (Wildman–Crippen MR) is 65.0 cm³/mol. The molecule has 1 saturated heterocycles. The van der Waals surface area contributed by atoms with Crippen LogP contribution in [0, 0.1) is 10.8 Å². The van der Waals surface area contributed by atoms with Gasteiger partial charge in [0.2, 0.25) is 0 Å². The zero-order chi connectivity index (χ0) is 11.9. The van der Waals surface area contributed by atoms with Gasteiger partial charge in [0.25, 0.3) is 0 Å². The first-order valence-corrected chi connectivity index (χ1v) is 6.01. The van der Waals surface area contributed by atoms with E-state index in [0.717, 1.165) is 6.54 Å². The molecule has 3 unspecified atom stereocenters. The average Bonchev–Trinajstić information content (AvgIpc) is 2.00. The van der Waals surface area contributed by atoms with E-state index in [1.807, 2.05) is 0 Å². The van der Waals surface area contributed by atoms with Crippen molar-refractivity contribution in [1.82, 2.24) is 5.32 Å². The van der Waals surface area contributed by atoms with Gasteiger partial charge in [0.1, 0.15) is 0 Å². The van der Waals surface area contributed by atoms with Crippen molar-refractivity contribution in [3.8, 4) is 0 Å². The van der Waals surface area contributed by atoms with Crippen LogP contribution in [-0.4, -0.2) is 24.8 Å². The lowest BCUT2D eigenvalue weighted by atomic mass is 9.73. The molecule has 0 amide bonds. The maximum atomic E-state index is 6.13. The van der Waals surface area contributed by atoms with Gasteiger partial charge in [-0.2, -0.15) is 0 Å². The fraction of sp³-hybridized carbons (Fsp3) is 1.00. The summed E-state index contributed by atoms with van der Waals surface area (Å²) < 4.78 is 6.13. The number of rotatable bonds is 0. The Balaban J connectivity index is 2.85. The van der Waals surface area contributed by atoms with Gasteiger partial charge in [-0.3, -0.25) is 0 Å². The highest BCUT2D eigenvalue weighted by molar-refractivity contribution is 4.96. The molecule has 15 heavy (non-hydrogen) atoms. The van der Waals surface area contributed by atoms with Gasteiger partial charge < -0.3 is 10.1 Å². The van der Waals surface area contributed by atoms with E-state index in [1.165, 1.54) is 0 Å². The number of nitrogens with one attached hydrogen (secondary N) is 1. The summed E-state index contributed by atoms with van der Waals surface area (Å²) in [5, 5.41) is 3.64. The zero-order valence-electron chi connectivity index (χ0n) is 11.3. The minimum atomic E-state index is 0.194. The molecule has 0 aromatic rings. The smallest absolute Gasteiger partial charge is 0.0785 e. The van der Waals surface area contributed by atoms with Crippen molar-refractivity contribution < 1.29 is 4.74 Å². The van der Waals surface area contributed by atoms with Gasteiger partial charge in [0, 0.05) is 12.6 Å². The minimum Gasteiger partial charge on any atom is -0.372 e. The molecule has 3 atom stereocenters. The van der Waals surface area contributed by atoms with Crippen molar-refractivity contribution in [3.05, 3.63) is 0 Å². The van der Waals surface area contributed by atoms with Gasteiger partial charge in [-0.1, -0.05) is 41.5 Å². The molecule has 2 nitrogen and oxygen atoms in total. The molecule has 0 aliphatic carbocycles. The molecule has 1 aliphatic heterocycles. The Kier molecular flexibility index (Phi) is 3.52. The second kappa shape index (κ2) is 4.06.